The molecule has 1 fully saturated rings. The number of rotatable bonds is 6. The fraction of sp³-hybridized carbons (Fsp3) is 0.500. The molecule has 3 N–H and O–H groups in total. The Hall–Kier alpha value is -1.94. The lowest BCUT2D eigenvalue weighted by Gasteiger charge is -2.09. The van der Waals surface area contributed by atoms with Gasteiger partial charge in [-0.05, 0) is 0 Å². The largest absolute Gasteiger partial charge is 0.481 e. The van der Waals surface area contributed by atoms with Crippen LogP contribution < -0.4 is 10.0 Å². The van der Waals surface area contributed by atoms with Crippen LogP contribution in [0.1, 0.15) is 12.8 Å². The van der Waals surface area contributed by atoms with E-state index in [1.165, 1.54) is 10.9 Å². The third-order valence-electron chi connectivity index (χ3n) is 2.77. The highest BCUT2D eigenvalue weighted by atomic mass is 32.2. The van der Waals surface area contributed by atoms with Crippen LogP contribution in [0, 0.1) is 0 Å². The van der Waals surface area contributed by atoms with Crippen LogP contribution in [0.15, 0.2) is 17.3 Å². The Balaban J connectivity index is 2.02. The van der Waals surface area contributed by atoms with E-state index in [2.05, 4.69) is 15.1 Å². The van der Waals surface area contributed by atoms with Crippen LogP contribution in [-0.4, -0.2) is 47.8 Å². The normalized spacial score (nSPS) is 19.0. The average Bonchev–Trinajstić information content (AvgIpc) is 2.95. The molecule has 0 bridgehead atoms. The minimum atomic E-state index is -3.76. The molecule has 2 rings (SSSR count). The summed E-state index contributed by atoms with van der Waals surface area (Å²) in [5.74, 6) is -1.19. The van der Waals surface area contributed by atoms with E-state index in [1.807, 2.05) is 0 Å². The van der Waals surface area contributed by atoms with Crippen molar-refractivity contribution in [1.82, 2.24) is 19.8 Å². The first kappa shape index (κ1) is 14.5. The maximum atomic E-state index is 12.0. The maximum Gasteiger partial charge on any atom is 0.305 e. The van der Waals surface area contributed by atoms with Gasteiger partial charge < -0.3 is 10.4 Å². The lowest BCUT2D eigenvalue weighted by Crippen LogP contribution is -2.36. The molecule has 1 atom stereocenters. The predicted molar refractivity (Wildman–Crippen MR) is 66.2 cm³/mol. The fourth-order valence-corrected chi connectivity index (χ4v) is 2.98. The van der Waals surface area contributed by atoms with E-state index in [1.54, 1.807) is 0 Å². The van der Waals surface area contributed by atoms with Crippen molar-refractivity contribution in [3.05, 3.63) is 12.4 Å². The van der Waals surface area contributed by atoms with Crippen LogP contribution in [-0.2, 0) is 26.2 Å². The smallest absolute Gasteiger partial charge is 0.305 e. The highest BCUT2D eigenvalue weighted by Crippen LogP contribution is 2.10. The van der Waals surface area contributed by atoms with Crippen molar-refractivity contribution in [2.24, 2.45) is 0 Å². The van der Waals surface area contributed by atoms with Crippen molar-refractivity contribution in [2.75, 3.05) is 6.54 Å². The van der Waals surface area contributed by atoms with Gasteiger partial charge >= 0.3 is 5.97 Å². The Morgan fingerprint density at radius 3 is 2.95 bits per heavy atom. The zero-order chi connectivity index (χ0) is 14.8. The number of carbonyl (C=O) groups excluding carboxylic acids is 1. The first-order valence-corrected chi connectivity index (χ1v) is 7.38. The number of hydrogen-bond donors (Lipinski definition) is 3. The van der Waals surface area contributed by atoms with Gasteiger partial charge in [-0.3, -0.25) is 14.3 Å². The standard InChI is InChI=1S/C10H14N4O5S/c15-9-3-7(4-11-9)13-20(18,19)8-5-12-14(6-8)2-1-10(16)17/h5-7,13H,1-4H2,(H,11,15)(H,16,17). The minimum absolute atomic E-state index is 0.0535. The van der Waals surface area contributed by atoms with Crippen LogP contribution in [0.5, 0.6) is 0 Å². The molecule has 1 saturated heterocycles. The van der Waals surface area contributed by atoms with Crippen molar-refractivity contribution in [2.45, 2.75) is 30.3 Å². The molecular formula is C10H14N4O5S. The molecule has 1 aliphatic rings. The van der Waals surface area contributed by atoms with Crippen LogP contribution in [0.4, 0.5) is 0 Å². The van der Waals surface area contributed by atoms with Crippen molar-refractivity contribution >= 4 is 21.9 Å². The Kier molecular flexibility index (Phi) is 4.04. The molecule has 1 aliphatic heterocycles. The number of aromatic nitrogens is 2. The summed E-state index contributed by atoms with van der Waals surface area (Å²) >= 11 is 0. The number of amides is 1. The van der Waals surface area contributed by atoms with E-state index in [9.17, 15) is 18.0 Å². The van der Waals surface area contributed by atoms with E-state index < -0.39 is 22.0 Å². The number of carboxylic acids is 1. The SMILES string of the molecule is O=C(O)CCn1cc(S(=O)(=O)NC2CNC(=O)C2)cn1. The van der Waals surface area contributed by atoms with Crippen molar-refractivity contribution < 1.29 is 23.1 Å². The van der Waals surface area contributed by atoms with Gasteiger partial charge in [0.05, 0.1) is 19.2 Å². The molecule has 0 aromatic carbocycles. The lowest BCUT2D eigenvalue weighted by atomic mass is 10.3. The third kappa shape index (κ3) is 3.54. The summed E-state index contributed by atoms with van der Waals surface area (Å²) in [4.78, 5) is 21.4. The molecule has 0 radical (unpaired) electrons. The number of carboxylic acid groups (broad SMARTS) is 1. The van der Waals surface area contributed by atoms with Gasteiger partial charge in [0.2, 0.25) is 15.9 Å². The zero-order valence-corrected chi connectivity index (χ0v) is 11.3. The summed E-state index contributed by atoms with van der Waals surface area (Å²) in [6.07, 6.45) is 2.37. The van der Waals surface area contributed by atoms with Gasteiger partial charge in [0, 0.05) is 25.2 Å². The summed E-state index contributed by atoms with van der Waals surface area (Å²) in [7, 11) is -3.76. The molecule has 20 heavy (non-hydrogen) atoms. The molecular weight excluding hydrogens is 288 g/mol. The molecule has 110 valence electrons. The number of hydrogen-bond acceptors (Lipinski definition) is 5. The summed E-state index contributed by atoms with van der Waals surface area (Å²) in [6.45, 7) is 0.347. The van der Waals surface area contributed by atoms with E-state index in [0.717, 1.165) is 6.20 Å². The van der Waals surface area contributed by atoms with Gasteiger partial charge in [0.1, 0.15) is 4.90 Å². The Morgan fingerprint density at radius 2 is 2.35 bits per heavy atom. The second-order valence-electron chi connectivity index (χ2n) is 4.41. The van der Waals surface area contributed by atoms with Crippen LogP contribution >= 0.6 is 0 Å². The van der Waals surface area contributed by atoms with Crippen LogP contribution in [0.2, 0.25) is 0 Å². The second-order valence-corrected chi connectivity index (χ2v) is 6.12. The highest BCUT2D eigenvalue weighted by molar-refractivity contribution is 7.89. The molecule has 9 nitrogen and oxygen atoms in total. The van der Waals surface area contributed by atoms with Gasteiger partial charge in [-0.2, -0.15) is 5.10 Å². The zero-order valence-electron chi connectivity index (χ0n) is 10.4. The van der Waals surface area contributed by atoms with Gasteiger partial charge in [0.25, 0.3) is 0 Å². The summed E-state index contributed by atoms with van der Waals surface area (Å²) in [5, 5.41) is 14.9. The summed E-state index contributed by atoms with van der Waals surface area (Å²) in [5.41, 5.74) is 0. The highest BCUT2D eigenvalue weighted by Gasteiger charge is 2.27. The quantitative estimate of drug-likeness (QED) is 0.588. The first-order chi connectivity index (χ1) is 9.37. The molecule has 1 aromatic heterocycles. The molecule has 1 unspecified atom stereocenters. The molecule has 0 spiro atoms. The Bertz CT molecular complexity index is 623. The minimum Gasteiger partial charge on any atom is -0.481 e. The topological polar surface area (TPSA) is 130 Å². The third-order valence-corrected chi connectivity index (χ3v) is 4.25. The Morgan fingerprint density at radius 1 is 1.60 bits per heavy atom. The van der Waals surface area contributed by atoms with E-state index in [0.29, 0.717) is 0 Å². The fourth-order valence-electron chi connectivity index (χ4n) is 1.79. The predicted octanol–water partition coefficient (Wildman–Crippen LogP) is -1.48. The van der Waals surface area contributed by atoms with Crippen molar-refractivity contribution in [3.63, 3.8) is 0 Å². The van der Waals surface area contributed by atoms with Gasteiger partial charge in [0.15, 0.2) is 0 Å². The molecule has 10 heteroatoms. The number of sulfonamides is 1. The van der Waals surface area contributed by atoms with Gasteiger partial charge in [-0.15, -0.1) is 0 Å². The number of carbonyl (C=O) groups is 2. The summed E-state index contributed by atoms with van der Waals surface area (Å²) in [6, 6.07) is -0.477. The van der Waals surface area contributed by atoms with Crippen LogP contribution in [0.25, 0.3) is 0 Å². The molecule has 0 aliphatic carbocycles. The molecule has 0 saturated carbocycles. The molecule has 2 heterocycles. The van der Waals surface area contributed by atoms with E-state index in [4.69, 9.17) is 5.11 Å². The summed E-state index contributed by atoms with van der Waals surface area (Å²) < 4.78 is 27.7. The number of aliphatic carboxylic acids is 1. The van der Waals surface area contributed by atoms with E-state index >= 15 is 0 Å². The lowest BCUT2D eigenvalue weighted by molar-refractivity contribution is -0.137. The van der Waals surface area contributed by atoms with Gasteiger partial charge in [-0.1, -0.05) is 0 Å². The second kappa shape index (κ2) is 5.59. The maximum absolute atomic E-state index is 12.0. The molecule has 1 aromatic rings. The number of aryl methyl sites for hydroxylation is 1. The first-order valence-electron chi connectivity index (χ1n) is 5.90. The average molecular weight is 302 g/mol. The van der Waals surface area contributed by atoms with Gasteiger partial charge in [-0.25, -0.2) is 13.1 Å². The van der Waals surface area contributed by atoms with Crippen molar-refractivity contribution in [3.8, 4) is 0 Å². The molecule has 1 amide bonds. The number of nitrogens with zero attached hydrogens (tertiary/aromatic N) is 2. The monoisotopic (exact) mass is 302 g/mol. The van der Waals surface area contributed by atoms with Crippen molar-refractivity contribution in [1.29, 1.82) is 0 Å². The number of nitrogens with one attached hydrogen (secondary N) is 2. The van der Waals surface area contributed by atoms with Crippen LogP contribution in [0.3, 0.4) is 0 Å². The van der Waals surface area contributed by atoms with E-state index in [-0.39, 0.29) is 36.7 Å². The Labute approximate surface area is 115 Å².